The smallest absolute Gasteiger partial charge is 0.327 e. The van der Waals surface area contributed by atoms with Gasteiger partial charge in [-0.1, -0.05) is 32.1 Å². The summed E-state index contributed by atoms with van der Waals surface area (Å²) in [5.41, 5.74) is -0.905. The zero-order valence-electron chi connectivity index (χ0n) is 16.6. The lowest BCUT2D eigenvalue weighted by molar-refractivity contribution is -0.156. The zero-order chi connectivity index (χ0) is 21.0. The van der Waals surface area contributed by atoms with E-state index >= 15 is 0 Å². The minimum absolute atomic E-state index is 0.0389. The molecule has 0 bridgehead atoms. The number of carbonyl (C=O) groups is 5. The molecule has 1 heterocycles. The van der Waals surface area contributed by atoms with Crippen LogP contribution in [0, 0.1) is 0 Å². The van der Waals surface area contributed by atoms with Crippen LogP contribution in [0.5, 0.6) is 0 Å². The summed E-state index contributed by atoms with van der Waals surface area (Å²) in [6.45, 7) is 0.754. The second-order valence-electron chi connectivity index (χ2n) is 8.04. The molecule has 3 fully saturated rings. The van der Waals surface area contributed by atoms with E-state index in [0.717, 1.165) is 49.8 Å². The van der Waals surface area contributed by atoms with Crippen LogP contribution in [0.25, 0.3) is 0 Å². The maximum Gasteiger partial charge on any atom is 0.327 e. The van der Waals surface area contributed by atoms with Crippen LogP contribution in [0.15, 0.2) is 0 Å². The Labute approximate surface area is 169 Å². The summed E-state index contributed by atoms with van der Waals surface area (Å²) in [4.78, 5) is 61.6. The summed E-state index contributed by atoms with van der Waals surface area (Å²) in [5, 5.41) is 7.57. The lowest BCUT2D eigenvalue weighted by Crippen LogP contribution is -2.49. The number of hydrogen-bond acceptors (Lipinski definition) is 6. The van der Waals surface area contributed by atoms with Crippen LogP contribution in [0.4, 0.5) is 9.59 Å². The quantitative estimate of drug-likeness (QED) is 0.458. The third-order valence-corrected chi connectivity index (χ3v) is 5.84. The predicted octanol–water partition coefficient (Wildman–Crippen LogP) is 0.941. The van der Waals surface area contributed by atoms with Crippen molar-refractivity contribution in [3.05, 3.63) is 0 Å². The largest absolute Gasteiger partial charge is 0.451 e. The number of carbonyl (C=O) groups excluding carboxylic acids is 5. The van der Waals surface area contributed by atoms with E-state index in [9.17, 15) is 24.0 Å². The molecule has 10 nitrogen and oxygen atoms in total. The molecule has 0 aromatic heterocycles. The molecular weight excluding hydrogens is 380 g/mol. The Bertz CT molecular complexity index is 697. The van der Waals surface area contributed by atoms with Gasteiger partial charge in [0, 0.05) is 6.04 Å². The van der Waals surface area contributed by atoms with Crippen LogP contribution in [-0.2, 0) is 19.1 Å². The van der Waals surface area contributed by atoms with Gasteiger partial charge in [0.05, 0.1) is 0 Å². The molecule has 6 amide bonds. The summed E-state index contributed by atoms with van der Waals surface area (Å²) in [5.74, 6) is -2.09. The molecule has 2 aliphatic carbocycles. The molecule has 0 aromatic carbocycles. The van der Waals surface area contributed by atoms with Gasteiger partial charge in [0.1, 0.15) is 12.1 Å². The number of ether oxygens (including phenoxy) is 1. The van der Waals surface area contributed by atoms with Crippen LogP contribution < -0.4 is 16.0 Å². The van der Waals surface area contributed by atoms with Gasteiger partial charge in [-0.15, -0.1) is 0 Å². The molecular formula is C19H28N4O6. The third kappa shape index (κ3) is 4.86. The molecule has 1 atom stereocenters. The van der Waals surface area contributed by atoms with Crippen molar-refractivity contribution in [3.63, 3.8) is 0 Å². The van der Waals surface area contributed by atoms with Crippen LogP contribution in [0.2, 0.25) is 0 Å². The van der Waals surface area contributed by atoms with Gasteiger partial charge in [-0.25, -0.2) is 9.59 Å². The van der Waals surface area contributed by atoms with Crippen molar-refractivity contribution < 1.29 is 28.7 Å². The lowest BCUT2D eigenvalue weighted by atomic mass is 9.96. The fourth-order valence-electron chi connectivity index (χ4n) is 4.24. The third-order valence-electron chi connectivity index (χ3n) is 5.84. The topological polar surface area (TPSA) is 134 Å². The molecule has 160 valence electrons. The van der Waals surface area contributed by atoms with E-state index in [-0.39, 0.29) is 6.04 Å². The molecule has 10 heteroatoms. The van der Waals surface area contributed by atoms with E-state index in [1.807, 2.05) is 0 Å². The Morgan fingerprint density at radius 3 is 2.45 bits per heavy atom. The Kier molecular flexibility index (Phi) is 6.39. The van der Waals surface area contributed by atoms with E-state index in [1.165, 1.54) is 6.92 Å². The average molecular weight is 408 g/mol. The van der Waals surface area contributed by atoms with Crippen molar-refractivity contribution in [2.45, 2.75) is 82.4 Å². The fourth-order valence-corrected chi connectivity index (χ4v) is 4.24. The molecule has 3 rings (SSSR count). The molecule has 1 aliphatic heterocycles. The molecule has 0 radical (unpaired) electrons. The van der Waals surface area contributed by atoms with Gasteiger partial charge in [-0.05, 0) is 32.6 Å². The number of amides is 6. The normalized spacial score (nSPS) is 22.3. The summed E-state index contributed by atoms with van der Waals surface area (Å²) >= 11 is 0. The van der Waals surface area contributed by atoms with Gasteiger partial charge < -0.3 is 15.4 Å². The number of esters is 1. The second-order valence-corrected chi connectivity index (χ2v) is 8.04. The van der Waals surface area contributed by atoms with Gasteiger partial charge in [-0.3, -0.25) is 24.6 Å². The minimum Gasteiger partial charge on any atom is -0.451 e. The first-order chi connectivity index (χ1) is 13.8. The first-order valence-corrected chi connectivity index (χ1v) is 10.3. The van der Waals surface area contributed by atoms with Crippen LogP contribution in [0.3, 0.4) is 0 Å². The maximum atomic E-state index is 12.5. The number of rotatable bonds is 5. The Hall–Kier alpha value is -2.65. The van der Waals surface area contributed by atoms with E-state index in [4.69, 9.17) is 4.74 Å². The zero-order valence-corrected chi connectivity index (χ0v) is 16.6. The highest BCUT2D eigenvalue weighted by atomic mass is 16.5. The van der Waals surface area contributed by atoms with Gasteiger partial charge in [-0.2, -0.15) is 0 Å². The monoisotopic (exact) mass is 408 g/mol. The molecule has 2 saturated carbocycles. The van der Waals surface area contributed by atoms with E-state index in [2.05, 4.69) is 16.0 Å². The first kappa shape index (κ1) is 21.1. The lowest BCUT2D eigenvalue weighted by Gasteiger charge is -2.23. The number of hydrogen-bond donors (Lipinski definition) is 3. The molecule has 3 aliphatic rings. The summed E-state index contributed by atoms with van der Waals surface area (Å²) in [7, 11) is 0. The van der Waals surface area contributed by atoms with Gasteiger partial charge in [0.2, 0.25) is 0 Å². The first-order valence-electron chi connectivity index (χ1n) is 10.3. The highest BCUT2D eigenvalue weighted by molar-refractivity contribution is 6.09. The highest BCUT2D eigenvalue weighted by Crippen LogP contribution is 2.34. The molecule has 29 heavy (non-hydrogen) atoms. The summed E-state index contributed by atoms with van der Waals surface area (Å²) < 4.78 is 5.01. The number of urea groups is 2. The molecule has 3 N–H and O–H groups in total. The standard InChI is InChI=1S/C19H28N4O6/c1-12(15(25)21-17(27)20-13-7-3-2-4-8-13)29-14(24)11-23-16(26)19(22-18(23)28)9-5-6-10-19/h12-13H,2-11H2,1H3,(H,22,28)(H2,20,21,25,27)/t12-/m1/s1. The molecule has 0 aromatic rings. The van der Waals surface area contributed by atoms with Crippen molar-refractivity contribution in [3.8, 4) is 0 Å². The highest BCUT2D eigenvalue weighted by Gasteiger charge is 2.52. The number of nitrogens with one attached hydrogen (secondary N) is 3. The minimum atomic E-state index is -1.24. The SMILES string of the molecule is C[C@@H](OC(=O)CN1C(=O)NC2(CCCC2)C1=O)C(=O)NC(=O)NC1CCCCC1. The Balaban J connectivity index is 1.44. The van der Waals surface area contributed by atoms with E-state index in [0.29, 0.717) is 12.8 Å². The average Bonchev–Trinajstić information content (AvgIpc) is 3.23. The van der Waals surface area contributed by atoms with Crippen molar-refractivity contribution in [2.24, 2.45) is 0 Å². The molecule has 1 saturated heterocycles. The van der Waals surface area contributed by atoms with Crippen molar-refractivity contribution in [2.75, 3.05) is 6.54 Å². The van der Waals surface area contributed by atoms with Gasteiger partial charge >= 0.3 is 18.0 Å². The maximum absolute atomic E-state index is 12.5. The summed E-state index contributed by atoms with van der Waals surface area (Å²) in [6.07, 6.45) is 6.52. The number of imide groups is 2. The molecule has 1 spiro atoms. The fraction of sp³-hybridized carbons (Fsp3) is 0.737. The van der Waals surface area contributed by atoms with Crippen molar-refractivity contribution >= 4 is 29.8 Å². The predicted molar refractivity (Wildman–Crippen MR) is 101 cm³/mol. The van der Waals surface area contributed by atoms with Crippen molar-refractivity contribution in [1.29, 1.82) is 0 Å². The van der Waals surface area contributed by atoms with Crippen LogP contribution in [-0.4, -0.2) is 59.0 Å². The second kappa shape index (κ2) is 8.79. The van der Waals surface area contributed by atoms with E-state index in [1.54, 1.807) is 0 Å². The van der Waals surface area contributed by atoms with Gasteiger partial charge in [0.15, 0.2) is 6.10 Å². The van der Waals surface area contributed by atoms with Crippen LogP contribution in [0.1, 0.15) is 64.7 Å². The summed E-state index contributed by atoms with van der Waals surface area (Å²) in [6, 6.07) is -1.21. The Morgan fingerprint density at radius 2 is 1.79 bits per heavy atom. The van der Waals surface area contributed by atoms with Crippen molar-refractivity contribution in [1.82, 2.24) is 20.9 Å². The molecule has 0 unspecified atom stereocenters. The van der Waals surface area contributed by atoms with Crippen LogP contribution >= 0.6 is 0 Å². The number of nitrogens with zero attached hydrogens (tertiary/aromatic N) is 1. The Morgan fingerprint density at radius 1 is 1.14 bits per heavy atom. The van der Waals surface area contributed by atoms with Gasteiger partial charge in [0.25, 0.3) is 11.8 Å². The van der Waals surface area contributed by atoms with E-state index < -0.39 is 48.0 Å².